The summed E-state index contributed by atoms with van der Waals surface area (Å²) in [6.07, 6.45) is -6.68. The summed E-state index contributed by atoms with van der Waals surface area (Å²) in [5, 5.41) is 2.39. The molecule has 0 aliphatic carbocycles. The minimum atomic E-state index is -4.65. The minimum Gasteiger partial charge on any atom is -0.383 e. The Balaban J connectivity index is 1.85. The predicted molar refractivity (Wildman–Crippen MR) is 87.2 cm³/mol. The fourth-order valence-corrected chi connectivity index (χ4v) is 2.18. The van der Waals surface area contributed by atoms with Crippen LogP contribution in [0.3, 0.4) is 0 Å². The lowest BCUT2D eigenvalue weighted by Crippen LogP contribution is -2.33. The Morgan fingerprint density at radius 2 is 2.00 bits per heavy atom. The Morgan fingerprint density at radius 3 is 2.62 bits per heavy atom. The van der Waals surface area contributed by atoms with Gasteiger partial charge in [-0.3, -0.25) is 9.59 Å². The molecule has 0 aliphatic heterocycles. The van der Waals surface area contributed by atoms with Crippen LogP contribution in [0.1, 0.15) is 17.5 Å². The van der Waals surface area contributed by atoms with Gasteiger partial charge >= 0.3 is 6.18 Å². The molecule has 0 radical (unpaired) electrons. The van der Waals surface area contributed by atoms with Crippen molar-refractivity contribution in [2.45, 2.75) is 18.7 Å². The lowest BCUT2D eigenvalue weighted by molar-refractivity contribution is -0.223. The summed E-state index contributed by atoms with van der Waals surface area (Å²) in [6, 6.07) is 8.15. The molecule has 1 aromatic carbocycles. The number of hydrogen-bond donors (Lipinski definition) is 3. The number of aromatic amines is 1. The van der Waals surface area contributed by atoms with Crippen molar-refractivity contribution in [3.8, 4) is 0 Å². The van der Waals surface area contributed by atoms with Crippen LogP contribution in [0.15, 0.2) is 41.2 Å². The van der Waals surface area contributed by atoms with Crippen LogP contribution >= 0.6 is 0 Å². The number of nitrogens with two attached hydrogens (primary N) is 1. The maximum absolute atomic E-state index is 13.1. The number of carbonyl (C=O) groups is 1. The Labute approximate surface area is 146 Å². The van der Waals surface area contributed by atoms with Crippen molar-refractivity contribution in [2.75, 3.05) is 18.9 Å². The van der Waals surface area contributed by atoms with Crippen LogP contribution in [0.2, 0.25) is 0 Å². The number of aromatic nitrogens is 2. The van der Waals surface area contributed by atoms with Crippen molar-refractivity contribution < 1.29 is 22.7 Å². The van der Waals surface area contributed by atoms with E-state index in [0.29, 0.717) is 0 Å². The highest BCUT2D eigenvalue weighted by molar-refractivity contribution is 5.77. The van der Waals surface area contributed by atoms with Crippen molar-refractivity contribution in [1.82, 2.24) is 15.3 Å². The summed E-state index contributed by atoms with van der Waals surface area (Å²) in [5.74, 6) is -0.426. The highest BCUT2D eigenvalue weighted by Crippen LogP contribution is 2.35. The largest absolute Gasteiger partial charge is 0.418 e. The molecule has 0 aliphatic rings. The highest BCUT2D eigenvalue weighted by atomic mass is 19.4. The fraction of sp³-hybridized carbons (Fsp3) is 0.312. The van der Waals surface area contributed by atoms with E-state index in [2.05, 4.69) is 15.3 Å². The highest BCUT2D eigenvalue weighted by Gasteiger charge is 2.42. The van der Waals surface area contributed by atoms with E-state index in [1.54, 1.807) is 6.07 Å². The first-order chi connectivity index (χ1) is 12.3. The number of alkyl halides is 3. The Morgan fingerprint density at radius 1 is 1.31 bits per heavy atom. The van der Waals surface area contributed by atoms with Crippen LogP contribution < -0.4 is 16.6 Å². The van der Waals surface area contributed by atoms with Crippen molar-refractivity contribution >= 4 is 11.7 Å². The van der Waals surface area contributed by atoms with Crippen molar-refractivity contribution in [3.05, 3.63) is 58.1 Å². The first kappa shape index (κ1) is 19.4. The van der Waals surface area contributed by atoms with Crippen LogP contribution in [0, 0.1) is 0 Å². The van der Waals surface area contributed by atoms with Crippen molar-refractivity contribution in [3.63, 3.8) is 0 Å². The zero-order chi connectivity index (χ0) is 19.2. The summed E-state index contributed by atoms with van der Waals surface area (Å²) < 4.78 is 44.0. The second-order valence-corrected chi connectivity index (χ2v) is 5.36. The van der Waals surface area contributed by atoms with E-state index in [1.165, 1.54) is 24.3 Å². The molecular formula is C16H17F3N4O3. The zero-order valence-electron chi connectivity index (χ0n) is 13.5. The number of benzene rings is 1. The number of rotatable bonds is 7. The molecule has 2 rings (SSSR count). The number of halogens is 3. The van der Waals surface area contributed by atoms with E-state index in [0.717, 1.165) is 6.07 Å². The van der Waals surface area contributed by atoms with Crippen molar-refractivity contribution in [1.29, 1.82) is 0 Å². The normalized spacial score (nSPS) is 12.6. The molecule has 2 aromatic rings. The van der Waals surface area contributed by atoms with Gasteiger partial charge in [0.15, 0.2) is 6.10 Å². The molecule has 1 aromatic heterocycles. The number of carbonyl (C=O) groups excluding carboxylic acids is 1. The van der Waals surface area contributed by atoms with Crippen LogP contribution in [0.25, 0.3) is 0 Å². The smallest absolute Gasteiger partial charge is 0.383 e. The fourth-order valence-electron chi connectivity index (χ4n) is 2.18. The molecule has 140 valence electrons. The molecule has 0 spiro atoms. The summed E-state index contributed by atoms with van der Waals surface area (Å²) in [5.41, 5.74) is 4.90. The monoisotopic (exact) mass is 370 g/mol. The molecule has 0 unspecified atom stereocenters. The summed E-state index contributed by atoms with van der Waals surface area (Å²) in [6.45, 7) is -0.712. The van der Waals surface area contributed by atoms with Crippen LogP contribution in [0.5, 0.6) is 0 Å². The number of nitrogen functional groups attached to an aromatic ring is 1. The Bertz CT molecular complexity index is 793. The van der Waals surface area contributed by atoms with Gasteiger partial charge in [0, 0.05) is 19.0 Å². The van der Waals surface area contributed by atoms with E-state index in [-0.39, 0.29) is 30.2 Å². The standard InChI is InChI=1S/C16H17F3N4O3/c17-16(18,19)15(10-4-2-1-3-5-10)26-9-14(25)21-7-6-12-22-11(20)8-13(24)23-12/h1-5,8,15H,6-7,9H2,(H,21,25)(H3,20,22,23,24)/t15-/m1/s1. The van der Waals surface area contributed by atoms with E-state index in [1.807, 2.05) is 0 Å². The average Bonchev–Trinajstić information content (AvgIpc) is 2.54. The van der Waals surface area contributed by atoms with Gasteiger partial charge in [0.1, 0.15) is 18.2 Å². The van der Waals surface area contributed by atoms with Gasteiger partial charge in [-0.25, -0.2) is 4.98 Å². The number of ether oxygens (including phenoxy) is 1. The first-order valence-corrected chi connectivity index (χ1v) is 7.61. The van der Waals surface area contributed by atoms with Gasteiger partial charge in [-0.1, -0.05) is 30.3 Å². The number of nitrogens with zero attached hydrogens (tertiary/aromatic N) is 1. The van der Waals surface area contributed by atoms with Crippen LogP contribution in [0.4, 0.5) is 19.0 Å². The molecule has 1 atom stereocenters. The molecule has 0 fully saturated rings. The quantitative estimate of drug-likeness (QED) is 0.681. The maximum atomic E-state index is 13.1. The molecule has 1 amide bonds. The molecule has 10 heteroatoms. The van der Waals surface area contributed by atoms with Gasteiger partial charge in [0.05, 0.1) is 0 Å². The third-order valence-electron chi connectivity index (χ3n) is 3.28. The number of hydrogen-bond acceptors (Lipinski definition) is 5. The molecule has 0 saturated heterocycles. The number of anilines is 1. The summed E-state index contributed by atoms with van der Waals surface area (Å²) in [7, 11) is 0. The lowest BCUT2D eigenvalue weighted by atomic mass is 10.1. The molecule has 0 bridgehead atoms. The average molecular weight is 370 g/mol. The van der Waals surface area contributed by atoms with Crippen molar-refractivity contribution in [2.24, 2.45) is 0 Å². The van der Waals surface area contributed by atoms with E-state index < -0.39 is 30.4 Å². The molecular weight excluding hydrogens is 353 g/mol. The van der Waals surface area contributed by atoms with Gasteiger partial charge < -0.3 is 20.8 Å². The molecule has 0 saturated carbocycles. The minimum absolute atomic E-state index is 0.0364. The lowest BCUT2D eigenvalue weighted by Gasteiger charge is -2.21. The van der Waals surface area contributed by atoms with E-state index >= 15 is 0 Å². The summed E-state index contributed by atoms with van der Waals surface area (Å²) >= 11 is 0. The number of amides is 1. The molecule has 4 N–H and O–H groups in total. The van der Waals surface area contributed by atoms with Gasteiger partial charge in [0.25, 0.3) is 5.56 Å². The van der Waals surface area contributed by atoms with Gasteiger partial charge in [-0.15, -0.1) is 0 Å². The SMILES string of the molecule is Nc1cc(=O)[nH]c(CCNC(=O)CO[C@H](c2ccccc2)C(F)(F)F)n1. The van der Waals surface area contributed by atoms with Gasteiger partial charge in [-0.05, 0) is 5.56 Å². The van der Waals surface area contributed by atoms with Gasteiger partial charge in [0.2, 0.25) is 5.91 Å². The van der Waals surface area contributed by atoms with Crippen LogP contribution in [-0.4, -0.2) is 35.2 Å². The summed E-state index contributed by atoms with van der Waals surface area (Å²) in [4.78, 5) is 29.2. The second-order valence-electron chi connectivity index (χ2n) is 5.36. The van der Waals surface area contributed by atoms with E-state index in [4.69, 9.17) is 10.5 Å². The van der Waals surface area contributed by atoms with Crippen LogP contribution in [-0.2, 0) is 16.0 Å². The molecule has 1 heterocycles. The second kappa shape index (κ2) is 8.48. The zero-order valence-corrected chi connectivity index (χ0v) is 13.5. The first-order valence-electron chi connectivity index (χ1n) is 7.61. The third-order valence-corrected chi connectivity index (χ3v) is 3.28. The number of H-pyrrole nitrogens is 1. The molecule has 26 heavy (non-hydrogen) atoms. The predicted octanol–water partition coefficient (Wildman–Crippen LogP) is 1.33. The third kappa shape index (κ3) is 5.88. The van der Waals surface area contributed by atoms with Gasteiger partial charge in [-0.2, -0.15) is 13.2 Å². The molecule has 7 nitrogen and oxygen atoms in total. The van der Waals surface area contributed by atoms with E-state index in [9.17, 15) is 22.8 Å². The topological polar surface area (TPSA) is 110 Å². The number of nitrogens with one attached hydrogen (secondary N) is 2. The maximum Gasteiger partial charge on any atom is 0.418 e. The Hall–Kier alpha value is -2.88. The Kier molecular flexibility index (Phi) is 6.34.